The molecule has 0 aromatic carbocycles. The third-order valence-electron chi connectivity index (χ3n) is 2.92. The second-order valence-corrected chi connectivity index (χ2v) is 5.41. The highest BCUT2D eigenvalue weighted by atomic mass is 79.9. The molecule has 1 heterocycles. The van der Waals surface area contributed by atoms with Crippen molar-refractivity contribution in [1.82, 2.24) is 15.0 Å². The molecular weight excluding hydrogens is 230 g/mol. The minimum Gasteiger partial charge on any atom is -0.255 e. The number of nitrogens with zero attached hydrogens (tertiary/aromatic N) is 3. The van der Waals surface area contributed by atoms with Gasteiger partial charge in [0.05, 0.1) is 5.69 Å². The van der Waals surface area contributed by atoms with Crippen LogP contribution >= 0.6 is 15.9 Å². The lowest BCUT2D eigenvalue weighted by molar-refractivity contribution is 0.501. The monoisotopic (exact) mass is 243 g/mol. The van der Waals surface area contributed by atoms with Gasteiger partial charge in [0.2, 0.25) is 0 Å². The highest BCUT2D eigenvalue weighted by Gasteiger charge is 2.46. The van der Waals surface area contributed by atoms with Gasteiger partial charge in [0.1, 0.15) is 0 Å². The van der Waals surface area contributed by atoms with Crippen molar-refractivity contribution < 1.29 is 0 Å². The third kappa shape index (κ3) is 1.77. The van der Waals surface area contributed by atoms with Crippen LogP contribution < -0.4 is 0 Å². The maximum absolute atomic E-state index is 4.12. The largest absolute Gasteiger partial charge is 0.255 e. The van der Waals surface area contributed by atoms with Gasteiger partial charge in [0.25, 0.3) is 0 Å². The van der Waals surface area contributed by atoms with Crippen molar-refractivity contribution in [2.75, 3.05) is 0 Å². The van der Waals surface area contributed by atoms with Crippen molar-refractivity contribution in [3.8, 4) is 0 Å². The van der Waals surface area contributed by atoms with E-state index in [0.717, 1.165) is 12.1 Å². The van der Waals surface area contributed by atoms with Crippen molar-refractivity contribution in [3.63, 3.8) is 0 Å². The van der Waals surface area contributed by atoms with Crippen molar-refractivity contribution >= 4 is 15.9 Å². The molecule has 2 rings (SSSR count). The topological polar surface area (TPSA) is 30.7 Å². The molecular formula is C9H14BrN3. The second kappa shape index (κ2) is 3.08. The van der Waals surface area contributed by atoms with Crippen molar-refractivity contribution in [1.29, 1.82) is 0 Å². The van der Waals surface area contributed by atoms with E-state index in [4.69, 9.17) is 0 Å². The van der Waals surface area contributed by atoms with E-state index in [-0.39, 0.29) is 0 Å². The summed E-state index contributed by atoms with van der Waals surface area (Å²) in [7, 11) is 1.91. The Morgan fingerprint density at radius 3 is 2.77 bits per heavy atom. The Morgan fingerprint density at radius 1 is 1.69 bits per heavy atom. The molecule has 1 saturated carbocycles. The van der Waals surface area contributed by atoms with Gasteiger partial charge in [0, 0.05) is 18.1 Å². The van der Waals surface area contributed by atoms with Crippen molar-refractivity contribution in [3.05, 3.63) is 11.9 Å². The molecule has 0 spiro atoms. The molecule has 1 aromatic heterocycles. The highest BCUT2D eigenvalue weighted by molar-refractivity contribution is 9.09. The van der Waals surface area contributed by atoms with Gasteiger partial charge in [-0.3, -0.25) is 4.68 Å². The van der Waals surface area contributed by atoms with Crippen LogP contribution in [-0.2, 0) is 13.5 Å². The van der Waals surface area contributed by atoms with Crippen LogP contribution in [0.4, 0.5) is 0 Å². The first kappa shape index (κ1) is 9.19. The minimum absolute atomic E-state index is 0.468. The van der Waals surface area contributed by atoms with Crippen LogP contribution in [0.3, 0.4) is 0 Å². The Hall–Kier alpha value is -0.380. The fraction of sp³-hybridized carbons (Fsp3) is 0.778. The Labute approximate surface area is 86.6 Å². The predicted octanol–water partition coefficient (Wildman–Crippen LogP) is 1.92. The van der Waals surface area contributed by atoms with Gasteiger partial charge < -0.3 is 0 Å². The first-order valence-corrected chi connectivity index (χ1v) is 5.53. The summed E-state index contributed by atoms with van der Waals surface area (Å²) in [4.78, 5) is 0.585. The summed E-state index contributed by atoms with van der Waals surface area (Å²) >= 11 is 3.67. The van der Waals surface area contributed by atoms with E-state index in [9.17, 15) is 0 Å². The number of aryl methyl sites for hydroxylation is 1. The van der Waals surface area contributed by atoms with Gasteiger partial charge >= 0.3 is 0 Å². The average Bonchev–Trinajstić information content (AvgIpc) is 2.72. The molecule has 0 bridgehead atoms. The molecule has 0 aliphatic heterocycles. The summed E-state index contributed by atoms with van der Waals surface area (Å²) in [6.45, 7) is 2.23. The van der Waals surface area contributed by atoms with Crippen LogP contribution in [-0.4, -0.2) is 19.8 Å². The molecule has 1 fully saturated rings. The summed E-state index contributed by atoms with van der Waals surface area (Å²) in [5.74, 6) is 0. The van der Waals surface area contributed by atoms with E-state index in [1.807, 2.05) is 13.2 Å². The molecule has 0 radical (unpaired) electrons. The lowest BCUT2D eigenvalue weighted by atomic mass is 9.97. The van der Waals surface area contributed by atoms with E-state index in [1.54, 1.807) is 4.68 Å². The molecule has 0 saturated heterocycles. The molecule has 1 aromatic rings. The van der Waals surface area contributed by atoms with E-state index >= 15 is 0 Å². The summed E-state index contributed by atoms with van der Waals surface area (Å²) in [6.07, 6.45) is 5.70. The average molecular weight is 244 g/mol. The standard InChI is InChI=1S/C9H14BrN3/c1-7(10)9(3-4-9)5-8-6-13(2)12-11-8/h6-7H,3-5H2,1-2H3. The van der Waals surface area contributed by atoms with E-state index < -0.39 is 0 Å². The molecule has 1 aliphatic rings. The molecule has 1 atom stereocenters. The summed E-state index contributed by atoms with van der Waals surface area (Å²) in [5, 5.41) is 8.05. The molecule has 3 nitrogen and oxygen atoms in total. The molecule has 13 heavy (non-hydrogen) atoms. The maximum Gasteiger partial charge on any atom is 0.0832 e. The van der Waals surface area contributed by atoms with Crippen LogP contribution in [0.25, 0.3) is 0 Å². The number of alkyl halides is 1. The summed E-state index contributed by atoms with van der Waals surface area (Å²) in [5.41, 5.74) is 1.59. The molecule has 1 unspecified atom stereocenters. The molecule has 0 N–H and O–H groups in total. The zero-order valence-corrected chi connectivity index (χ0v) is 9.58. The fourth-order valence-corrected chi connectivity index (χ4v) is 2.33. The Bertz CT molecular complexity index is 302. The maximum atomic E-state index is 4.12. The summed E-state index contributed by atoms with van der Waals surface area (Å²) < 4.78 is 1.77. The van der Waals surface area contributed by atoms with Gasteiger partial charge in [-0.05, 0) is 24.7 Å². The van der Waals surface area contributed by atoms with E-state index in [2.05, 4.69) is 33.2 Å². The highest BCUT2D eigenvalue weighted by Crippen LogP contribution is 2.53. The Kier molecular flexibility index (Phi) is 2.18. The Balaban J connectivity index is 2.06. The van der Waals surface area contributed by atoms with Crippen LogP contribution in [0.5, 0.6) is 0 Å². The van der Waals surface area contributed by atoms with Gasteiger partial charge in [-0.2, -0.15) is 0 Å². The first-order chi connectivity index (χ1) is 6.12. The van der Waals surface area contributed by atoms with Gasteiger partial charge in [-0.15, -0.1) is 5.10 Å². The second-order valence-electron chi connectivity index (χ2n) is 4.04. The SMILES string of the molecule is CC(Br)C1(Cc2cn(C)nn2)CC1. The van der Waals surface area contributed by atoms with Gasteiger partial charge in [-0.1, -0.05) is 28.1 Å². The lowest BCUT2D eigenvalue weighted by Gasteiger charge is -2.15. The van der Waals surface area contributed by atoms with Crippen LogP contribution in [0.1, 0.15) is 25.5 Å². The minimum atomic E-state index is 0.468. The van der Waals surface area contributed by atoms with E-state index in [0.29, 0.717) is 10.2 Å². The van der Waals surface area contributed by atoms with Gasteiger partial charge in [-0.25, -0.2) is 0 Å². The van der Waals surface area contributed by atoms with Crippen LogP contribution in [0, 0.1) is 5.41 Å². The smallest absolute Gasteiger partial charge is 0.0832 e. The normalized spacial score (nSPS) is 21.5. The van der Waals surface area contributed by atoms with E-state index in [1.165, 1.54) is 12.8 Å². The first-order valence-electron chi connectivity index (χ1n) is 4.62. The number of hydrogen-bond donors (Lipinski definition) is 0. The molecule has 72 valence electrons. The Morgan fingerprint density at radius 2 is 2.38 bits per heavy atom. The number of aromatic nitrogens is 3. The molecule has 4 heteroatoms. The fourth-order valence-electron chi connectivity index (χ4n) is 1.71. The quantitative estimate of drug-likeness (QED) is 0.760. The third-order valence-corrected chi connectivity index (χ3v) is 3.89. The number of rotatable bonds is 3. The van der Waals surface area contributed by atoms with Crippen molar-refractivity contribution in [2.45, 2.75) is 31.0 Å². The number of hydrogen-bond acceptors (Lipinski definition) is 2. The van der Waals surface area contributed by atoms with Crippen LogP contribution in [0.15, 0.2) is 6.20 Å². The predicted molar refractivity (Wildman–Crippen MR) is 54.8 cm³/mol. The zero-order valence-electron chi connectivity index (χ0n) is 8.00. The molecule has 1 aliphatic carbocycles. The van der Waals surface area contributed by atoms with Gasteiger partial charge in [0.15, 0.2) is 0 Å². The zero-order chi connectivity index (χ0) is 9.47. The lowest BCUT2D eigenvalue weighted by Crippen LogP contribution is -2.15. The summed E-state index contributed by atoms with van der Waals surface area (Å²) in [6, 6.07) is 0. The molecule has 0 amide bonds. The van der Waals surface area contributed by atoms with Crippen LogP contribution in [0.2, 0.25) is 0 Å². The van der Waals surface area contributed by atoms with Crippen molar-refractivity contribution in [2.24, 2.45) is 12.5 Å². The number of halogens is 1.